The Kier molecular flexibility index (Phi) is 10.1. The predicted octanol–water partition coefficient (Wildman–Crippen LogP) is 4.11. The van der Waals surface area contributed by atoms with Gasteiger partial charge >= 0.3 is 0 Å². The van der Waals surface area contributed by atoms with Gasteiger partial charge in [0.25, 0.3) is 12.4 Å². The van der Waals surface area contributed by atoms with Crippen LogP contribution < -0.4 is 15.5 Å². The van der Waals surface area contributed by atoms with Crippen LogP contribution in [0.25, 0.3) is 11.3 Å². The first kappa shape index (κ1) is 33.5. The lowest BCUT2D eigenvalue weighted by atomic mass is 9.69. The summed E-state index contributed by atoms with van der Waals surface area (Å²) in [5.41, 5.74) is 5.27. The molecule has 256 valence electrons. The van der Waals surface area contributed by atoms with Gasteiger partial charge in [-0.2, -0.15) is 5.10 Å². The molecular weight excluding hydrogens is 624 g/mol. The molecule has 14 nitrogen and oxygen atoms in total. The van der Waals surface area contributed by atoms with Gasteiger partial charge < -0.3 is 25.5 Å². The molecule has 2 amide bonds. The molecule has 4 aromatic rings. The first-order valence-corrected chi connectivity index (χ1v) is 16.7. The highest BCUT2D eigenvalue weighted by Crippen LogP contribution is 2.42. The van der Waals surface area contributed by atoms with Gasteiger partial charge in [-0.05, 0) is 55.9 Å². The molecule has 2 aliphatic heterocycles. The number of carbonyl (C=O) groups is 3. The number of fused-ring (bicyclic) bond motifs is 1. The monoisotopic (exact) mass is 666 g/mol. The van der Waals surface area contributed by atoms with Gasteiger partial charge in [-0.3, -0.25) is 19.1 Å². The third kappa shape index (κ3) is 7.53. The molecule has 0 radical (unpaired) electrons. The van der Waals surface area contributed by atoms with Gasteiger partial charge in [0.1, 0.15) is 5.69 Å². The minimum Gasteiger partial charge on any atom is -0.483 e. The highest BCUT2D eigenvalue weighted by Gasteiger charge is 2.43. The first-order valence-electron chi connectivity index (χ1n) is 16.7. The molecule has 3 aliphatic rings. The second kappa shape index (κ2) is 14.8. The number of benzene rings is 1. The number of carbonyl (C=O) groups excluding carboxylic acids is 2. The zero-order valence-corrected chi connectivity index (χ0v) is 27.9. The molecule has 1 saturated carbocycles. The molecule has 1 aliphatic carbocycles. The van der Waals surface area contributed by atoms with Crippen molar-refractivity contribution in [3.8, 4) is 11.3 Å². The Balaban J connectivity index is 0.00000134. The summed E-state index contributed by atoms with van der Waals surface area (Å²) in [7, 11) is 1.79. The fourth-order valence-corrected chi connectivity index (χ4v) is 6.71. The van der Waals surface area contributed by atoms with Gasteiger partial charge in [-0.15, -0.1) is 0 Å². The van der Waals surface area contributed by atoms with E-state index in [9.17, 15) is 9.59 Å². The van der Waals surface area contributed by atoms with E-state index in [0.29, 0.717) is 37.7 Å². The van der Waals surface area contributed by atoms with E-state index in [1.807, 2.05) is 47.6 Å². The summed E-state index contributed by atoms with van der Waals surface area (Å²) in [4.78, 5) is 57.4. The molecule has 2 fully saturated rings. The summed E-state index contributed by atoms with van der Waals surface area (Å²) in [5.74, 6) is 1.20. The standard InChI is InChI=1S/C34H40N10O2.CH2O2/c1-34(12-7-13-34)31(46)44-17-11-28-26(22-44)29(42(2)41-28)30(45)36-19-23-8-6-9-25(18-23)39-32-35-14-10-27(40-32)24-20-37-33(38-21-24)43-15-4-3-5-16-43;2-1-3/h6,8-10,14,18,20-21H,3-5,7,11-13,15-17,19,22H2,1-2H3,(H,36,45)(H,35,39,40);1H,(H,2,3). The van der Waals surface area contributed by atoms with E-state index in [0.717, 1.165) is 72.1 Å². The average molecular weight is 667 g/mol. The molecule has 0 spiro atoms. The minimum atomic E-state index is -0.264. The van der Waals surface area contributed by atoms with E-state index >= 15 is 0 Å². The average Bonchev–Trinajstić information content (AvgIpc) is 3.45. The van der Waals surface area contributed by atoms with E-state index in [4.69, 9.17) is 9.90 Å². The maximum Gasteiger partial charge on any atom is 0.290 e. The summed E-state index contributed by atoms with van der Waals surface area (Å²) < 4.78 is 1.65. The molecule has 5 heterocycles. The van der Waals surface area contributed by atoms with Crippen LogP contribution >= 0.6 is 0 Å². The van der Waals surface area contributed by atoms with E-state index in [2.05, 4.69) is 47.5 Å². The Morgan fingerprint density at radius 1 is 1.02 bits per heavy atom. The highest BCUT2D eigenvalue weighted by molar-refractivity contribution is 5.94. The van der Waals surface area contributed by atoms with Crippen LogP contribution in [0.4, 0.5) is 17.6 Å². The number of amides is 2. The van der Waals surface area contributed by atoms with E-state index < -0.39 is 0 Å². The number of hydrogen-bond acceptors (Lipinski definition) is 10. The number of piperidine rings is 1. The van der Waals surface area contributed by atoms with Gasteiger partial charge in [-0.1, -0.05) is 25.5 Å². The van der Waals surface area contributed by atoms with E-state index in [1.54, 1.807) is 17.9 Å². The van der Waals surface area contributed by atoms with E-state index in [1.165, 1.54) is 19.3 Å². The van der Waals surface area contributed by atoms with Crippen LogP contribution in [0.15, 0.2) is 48.9 Å². The van der Waals surface area contributed by atoms with Gasteiger partial charge in [0.05, 0.1) is 11.4 Å². The number of anilines is 3. The van der Waals surface area contributed by atoms with Crippen molar-refractivity contribution in [2.24, 2.45) is 12.5 Å². The Morgan fingerprint density at radius 2 is 1.78 bits per heavy atom. The van der Waals surface area contributed by atoms with Crippen LogP contribution in [0, 0.1) is 5.41 Å². The smallest absolute Gasteiger partial charge is 0.290 e. The van der Waals surface area contributed by atoms with Crippen LogP contribution in [-0.2, 0) is 36.1 Å². The summed E-state index contributed by atoms with van der Waals surface area (Å²) in [6.45, 7) is 5.19. The molecule has 3 aromatic heterocycles. The zero-order chi connectivity index (χ0) is 34.4. The number of nitrogens with one attached hydrogen (secondary N) is 2. The maximum absolute atomic E-state index is 13.4. The molecule has 14 heteroatoms. The molecule has 0 bridgehead atoms. The highest BCUT2D eigenvalue weighted by atomic mass is 16.3. The summed E-state index contributed by atoms with van der Waals surface area (Å²) >= 11 is 0. The Labute approximate surface area is 285 Å². The number of nitrogens with zero attached hydrogens (tertiary/aromatic N) is 8. The van der Waals surface area contributed by atoms with Crippen LogP contribution in [-0.4, -0.2) is 77.6 Å². The van der Waals surface area contributed by atoms with Crippen molar-refractivity contribution in [1.82, 2.24) is 39.9 Å². The van der Waals surface area contributed by atoms with Crippen LogP contribution in [0.2, 0.25) is 0 Å². The SMILES string of the molecule is Cn1nc2c(c1C(=O)NCc1cccc(Nc3nccc(-c4cnc(N5CCCCC5)nc4)n3)c1)CN(C(=O)C1(C)CCC1)CC2.O=CO. The van der Waals surface area contributed by atoms with Gasteiger partial charge in [0.2, 0.25) is 17.8 Å². The van der Waals surface area contributed by atoms with Crippen molar-refractivity contribution in [3.63, 3.8) is 0 Å². The Hall–Kier alpha value is -5.40. The maximum atomic E-state index is 13.4. The normalized spacial score (nSPS) is 16.4. The van der Waals surface area contributed by atoms with Crippen molar-refractivity contribution in [2.45, 2.75) is 65.0 Å². The lowest BCUT2D eigenvalue weighted by Crippen LogP contribution is -2.48. The quantitative estimate of drug-likeness (QED) is 0.231. The molecule has 49 heavy (non-hydrogen) atoms. The van der Waals surface area contributed by atoms with Crippen molar-refractivity contribution >= 4 is 35.9 Å². The topological polar surface area (TPSA) is 171 Å². The second-order valence-electron chi connectivity index (χ2n) is 13.0. The van der Waals surface area contributed by atoms with Gasteiger partial charge in [0.15, 0.2) is 0 Å². The van der Waals surface area contributed by atoms with Crippen molar-refractivity contribution in [1.29, 1.82) is 0 Å². The molecule has 7 rings (SSSR count). The third-order valence-electron chi connectivity index (χ3n) is 9.54. The first-order chi connectivity index (χ1) is 23.8. The summed E-state index contributed by atoms with van der Waals surface area (Å²) in [6, 6.07) is 9.63. The Morgan fingerprint density at radius 3 is 2.49 bits per heavy atom. The van der Waals surface area contributed by atoms with E-state index in [-0.39, 0.29) is 23.7 Å². The fourth-order valence-electron chi connectivity index (χ4n) is 6.71. The number of aryl methyl sites for hydroxylation is 1. The molecule has 1 saturated heterocycles. The minimum absolute atomic E-state index is 0.192. The number of carboxylic acid groups (broad SMARTS) is 1. The molecular formula is C35H42N10O4. The molecule has 1 aromatic carbocycles. The van der Waals surface area contributed by atoms with Crippen LogP contribution in [0.3, 0.4) is 0 Å². The zero-order valence-electron chi connectivity index (χ0n) is 27.9. The Bertz CT molecular complexity index is 1800. The largest absolute Gasteiger partial charge is 0.483 e. The molecule has 3 N–H and O–H groups in total. The summed E-state index contributed by atoms with van der Waals surface area (Å²) in [5, 5.41) is 17.8. The number of aromatic nitrogens is 6. The van der Waals surface area contributed by atoms with Gasteiger partial charge in [0, 0.05) is 87.0 Å². The molecule has 0 atom stereocenters. The van der Waals surface area contributed by atoms with Gasteiger partial charge in [-0.25, -0.2) is 19.9 Å². The van der Waals surface area contributed by atoms with Crippen LogP contribution in [0.1, 0.15) is 72.8 Å². The van der Waals surface area contributed by atoms with Crippen molar-refractivity contribution in [3.05, 3.63) is 71.4 Å². The third-order valence-corrected chi connectivity index (χ3v) is 9.54. The van der Waals surface area contributed by atoms with Crippen molar-refractivity contribution < 1.29 is 19.5 Å². The second-order valence-corrected chi connectivity index (χ2v) is 13.0. The number of rotatable bonds is 8. The number of hydrogen-bond donors (Lipinski definition) is 3. The fraction of sp³-hybridized carbons (Fsp3) is 0.429. The lowest BCUT2D eigenvalue weighted by Gasteiger charge is -2.41. The molecule has 0 unspecified atom stereocenters. The lowest BCUT2D eigenvalue weighted by molar-refractivity contribution is -0.147. The summed E-state index contributed by atoms with van der Waals surface area (Å²) in [6.07, 6.45) is 12.6. The van der Waals surface area contributed by atoms with Crippen molar-refractivity contribution in [2.75, 3.05) is 29.9 Å². The predicted molar refractivity (Wildman–Crippen MR) is 183 cm³/mol. The van der Waals surface area contributed by atoms with Crippen LogP contribution in [0.5, 0.6) is 0 Å².